The number of phenolic OH excluding ortho intramolecular Hbond substituents is 1. The van der Waals surface area contributed by atoms with Gasteiger partial charge in [0.15, 0.2) is 11.5 Å². The Balaban J connectivity index is 1.93. The zero-order valence-corrected chi connectivity index (χ0v) is 15.1. The smallest absolute Gasteiger partial charge is 0.164 e. The molecule has 1 heterocycles. The molecule has 1 aliphatic heterocycles. The van der Waals surface area contributed by atoms with Crippen molar-refractivity contribution in [1.82, 2.24) is 4.90 Å². The fourth-order valence-corrected chi connectivity index (χ4v) is 4.00. The molecule has 1 saturated heterocycles. The minimum absolute atomic E-state index is 0.0817. The van der Waals surface area contributed by atoms with Crippen molar-refractivity contribution >= 4 is 0 Å². The summed E-state index contributed by atoms with van der Waals surface area (Å²) in [5.41, 5.74) is 1.91. The number of nitrogens with zero attached hydrogens (tertiary/aromatic N) is 1. The van der Waals surface area contributed by atoms with Crippen LogP contribution in [0.4, 0.5) is 0 Å². The van der Waals surface area contributed by atoms with E-state index in [2.05, 4.69) is 36.1 Å². The molecule has 2 N–H and O–H groups in total. The van der Waals surface area contributed by atoms with E-state index >= 15 is 0 Å². The van der Waals surface area contributed by atoms with Crippen LogP contribution in [-0.4, -0.2) is 41.4 Å². The van der Waals surface area contributed by atoms with Crippen molar-refractivity contribution in [2.75, 3.05) is 20.2 Å². The van der Waals surface area contributed by atoms with Gasteiger partial charge in [0.2, 0.25) is 0 Å². The van der Waals surface area contributed by atoms with Gasteiger partial charge in [-0.2, -0.15) is 0 Å². The van der Waals surface area contributed by atoms with E-state index in [-0.39, 0.29) is 17.1 Å². The summed E-state index contributed by atoms with van der Waals surface area (Å²) < 4.78 is 5.46. The van der Waals surface area contributed by atoms with Gasteiger partial charge in [0, 0.05) is 36.5 Å². The average Bonchev–Trinajstić information content (AvgIpc) is 2.93. The van der Waals surface area contributed by atoms with Gasteiger partial charge in [0.05, 0.1) is 13.2 Å². The van der Waals surface area contributed by atoms with Gasteiger partial charge < -0.3 is 14.9 Å². The standard InChI is InChI=1S/C21H27NO3/c1-15(23)21(2)14-22(12-16-8-5-4-6-9-16)13-18(21)17-10-7-11-19(24)20(17)25-3/h4-11,15,18,23-24H,12-14H2,1-3H3/t15-,18?,21+/m0/s1. The molecule has 0 saturated carbocycles. The molecule has 0 aromatic heterocycles. The average molecular weight is 341 g/mol. The highest BCUT2D eigenvalue weighted by atomic mass is 16.5. The Labute approximate surface area is 149 Å². The fourth-order valence-electron chi connectivity index (χ4n) is 4.00. The number of likely N-dealkylation sites (tertiary alicyclic amines) is 1. The lowest BCUT2D eigenvalue weighted by Crippen LogP contribution is -2.37. The quantitative estimate of drug-likeness (QED) is 0.875. The first-order valence-corrected chi connectivity index (χ1v) is 8.76. The molecule has 3 atom stereocenters. The van der Waals surface area contributed by atoms with Gasteiger partial charge in [-0.15, -0.1) is 0 Å². The largest absolute Gasteiger partial charge is 0.504 e. The lowest BCUT2D eigenvalue weighted by molar-refractivity contribution is 0.0470. The number of para-hydroxylation sites is 1. The van der Waals surface area contributed by atoms with Gasteiger partial charge >= 0.3 is 0 Å². The Hall–Kier alpha value is -2.04. The third kappa shape index (κ3) is 3.37. The number of aromatic hydroxyl groups is 1. The lowest BCUT2D eigenvalue weighted by atomic mass is 9.72. The second kappa shape index (κ2) is 7.06. The minimum Gasteiger partial charge on any atom is -0.504 e. The van der Waals surface area contributed by atoms with E-state index in [1.807, 2.05) is 25.1 Å². The maximum Gasteiger partial charge on any atom is 0.164 e. The highest BCUT2D eigenvalue weighted by Crippen LogP contribution is 2.49. The summed E-state index contributed by atoms with van der Waals surface area (Å²) in [5, 5.41) is 20.7. The SMILES string of the molecule is COc1c(O)cccc1C1CN(Cc2ccccc2)C[C@]1(C)[C@H](C)O. The number of aliphatic hydroxyl groups excluding tert-OH is 1. The first-order valence-electron chi connectivity index (χ1n) is 8.76. The Bertz CT molecular complexity index is 716. The van der Waals surface area contributed by atoms with Gasteiger partial charge in [-0.05, 0) is 18.6 Å². The summed E-state index contributed by atoms with van der Waals surface area (Å²) in [6, 6.07) is 15.9. The third-order valence-electron chi connectivity index (χ3n) is 5.61. The van der Waals surface area contributed by atoms with E-state index in [0.717, 1.165) is 25.2 Å². The summed E-state index contributed by atoms with van der Waals surface area (Å²) in [6.07, 6.45) is -0.467. The Morgan fingerprint density at radius 1 is 1.20 bits per heavy atom. The van der Waals surface area contributed by atoms with E-state index < -0.39 is 6.10 Å². The predicted molar refractivity (Wildman–Crippen MR) is 98.9 cm³/mol. The number of ether oxygens (including phenoxy) is 1. The van der Waals surface area contributed by atoms with E-state index in [0.29, 0.717) is 5.75 Å². The van der Waals surface area contributed by atoms with Gasteiger partial charge in [0.25, 0.3) is 0 Å². The summed E-state index contributed by atoms with van der Waals surface area (Å²) in [7, 11) is 1.58. The Kier molecular flexibility index (Phi) is 5.02. The van der Waals surface area contributed by atoms with E-state index in [9.17, 15) is 10.2 Å². The second-order valence-corrected chi connectivity index (χ2v) is 7.29. The normalized spacial score (nSPS) is 25.0. The zero-order chi connectivity index (χ0) is 18.0. The lowest BCUT2D eigenvalue weighted by Gasteiger charge is -2.34. The maximum absolute atomic E-state index is 10.5. The maximum atomic E-state index is 10.5. The van der Waals surface area contributed by atoms with Crippen molar-refractivity contribution in [2.24, 2.45) is 5.41 Å². The van der Waals surface area contributed by atoms with Gasteiger partial charge in [-0.25, -0.2) is 0 Å². The van der Waals surface area contributed by atoms with Crippen LogP contribution in [0.15, 0.2) is 48.5 Å². The predicted octanol–water partition coefficient (Wildman–Crippen LogP) is 3.39. The molecular weight excluding hydrogens is 314 g/mol. The molecule has 2 aromatic carbocycles. The second-order valence-electron chi connectivity index (χ2n) is 7.29. The molecule has 1 aliphatic rings. The van der Waals surface area contributed by atoms with Crippen LogP contribution in [0.2, 0.25) is 0 Å². The van der Waals surface area contributed by atoms with Crippen molar-refractivity contribution in [3.63, 3.8) is 0 Å². The van der Waals surface area contributed by atoms with Gasteiger partial charge in [0.1, 0.15) is 0 Å². The van der Waals surface area contributed by atoms with E-state index in [1.54, 1.807) is 13.2 Å². The molecule has 0 radical (unpaired) electrons. The summed E-state index contributed by atoms with van der Waals surface area (Å²) in [5.74, 6) is 0.744. The number of methoxy groups -OCH3 is 1. The van der Waals surface area contributed by atoms with Crippen LogP contribution in [-0.2, 0) is 6.54 Å². The van der Waals surface area contributed by atoms with Crippen molar-refractivity contribution in [1.29, 1.82) is 0 Å². The van der Waals surface area contributed by atoms with Crippen molar-refractivity contribution in [3.8, 4) is 11.5 Å². The molecule has 134 valence electrons. The first kappa shape index (κ1) is 17.8. The van der Waals surface area contributed by atoms with Crippen molar-refractivity contribution in [2.45, 2.75) is 32.4 Å². The summed E-state index contributed by atoms with van der Waals surface area (Å²) in [4.78, 5) is 2.37. The van der Waals surface area contributed by atoms with Crippen LogP contribution in [0.1, 0.15) is 30.9 Å². The van der Waals surface area contributed by atoms with Gasteiger partial charge in [-0.3, -0.25) is 4.90 Å². The molecule has 25 heavy (non-hydrogen) atoms. The molecule has 4 nitrogen and oxygen atoms in total. The molecule has 3 rings (SSSR count). The van der Waals surface area contributed by atoms with Crippen LogP contribution in [0, 0.1) is 5.41 Å². The topological polar surface area (TPSA) is 52.9 Å². The van der Waals surface area contributed by atoms with Crippen LogP contribution in [0.5, 0.6) is 11.5 Å². The highest BCUT2D eigenvalue weighted by molar-refractivity contribution is 5.48. The number of hydrogen-bond acceptors (Lipinski definition) is 4. The summed E-state index contributed by atoms with van der Waals surface area (Å²) in [6.45, 7) is 6.44. The van der Waals surface area contributed by atoms with Crippen LogP contribution in [0.3, 0.4) is 0 Å². The van der Waals surface area contributed by atoms with Crippen molar-refractivity contribution in [3.05, 3.63) is 59.7 Å². The molecule has 2 aromatic rings. The fraction of sp³-hybridized carbons (Fsp3) is 0.429. The molecule has 0 spiro atoms. The van der Waals surface area contributed by atoms with Crippen LogP contribution < -0.4 is 4.74 Å². The monoisotopic (exact) mass is 341 g/mol. The molecule has 0 bridgehead atoms. The van der Waals surface area contributed by atoms with Crippen LogP contribution in [0.25, 0.3) is 0 Å². The third-order valence-corrected chi connectivity index (χ3v) is 5.61. The first-order chi connectivity index (χ1) is 12.0. The van der Waals surface area contributed by atoms with Crippen molar-refractivity contribution < 1.29 is 14.9 Å². The molecule has 0 amide bonds. The molecule has 1 fully saturated rings. The van der Waals surface area contributed by atoms with E-state index in [1.165, 1.54) is 5.56 Å². The van der Waals surface area contributed by atoms with Crippen LogP contribution >= 0.6 is 0 Å². The molecular formula is C21H27NO3. The summed E-state index contributed by atoms with van der Waals surface area (Å²) >= 11 is 0. The molecule has 0 aliphatic carbocycles. The van der Waals surface area contributed by atoms with E-state index in [4.69, 9.17) is 4.74 Å². The Morgan fingerprint density at radius 2 is 1.92 bits per heavy atom. The van der Waals surface area contributed by atoms with Gasteiger partial charge in [-0.1, -0.05) is 49.4 Å². The highest BCUT2D eigenvalue weighted by Gasteiger charge is 2.47. The number of rotatable bonds is 5. The number of aliphatic hydroxyl groups is 1. The minimum atomic E-state index is -0.467. The number of hydrogen-bond donors (Lipinski definition) is 2. The molecule has 4 heteroatoms. The zero-order valence-electron chi connectivity index (χ0n) is 15.1. The number of phenols is 1. The molecule has 1 unspecified atom stereocenters. The number of benzene rings is 2. The Morgan fingerprint density at radius 3 is 2.56 bits per heavy atom.